The summed E-state index contributed by atoms with van der Waals surface area (Å²) in [5.74, 6) is 0. The zero-order chi connectivity index (χ0) is 9.10. The Morgan fingerprint density at radius 1 is 1.38 bits per heavy atom. The molecule has 13 heavy (non-hydrogen) atoms. The highest BCUT2D eigenvalue weighted by molar-refractivity contribution is 8.01. The first kappa shape index (κ1) is 8.46. The Labute approximate surface area is 83.3 Å². The van der Waals surface area contributed by atoms with Crippen molar-refractivity contribution in [3.8, 4) is 0 Å². The molecule has 0 amide bonds. The summed E-state index contributed by atoms with van der Waals surface area (Å²) in [4.78, 5) is 12.0. The van der Waals surface area contributed by atoms with Crippen LogP contribution in [0.4, 0.5) is 5.00 Å². The van der Waals surface area contributed by atoms with Crippen molar-refractivity contribution in [3.63, 3.8) is 0 Å². The fourth-order valence-corrected chi connectivity index (χ4v) is 2.38. The predicted octanol–water partition coefficient (Wildman–Crippen LogP) is 1.67. The van der Waals surface area contributed by atoms with E-state index in [0.717, 1.165) is 14.4 Å². The quantitative estimate of drug-likeness (QED) is 0.764. The van der Waals surface area contributed by atoms with E-state index < -0.39 is 0 Å². The van der Waals surface area contributed by atoms with Gasteiger partial charge in [-0.15, -0.1) is 0 Å². The van der Waals surface area contributed by atoms with E-state index in [1.54, 1.807) is 12.4 Å². The molecule has 0 fully saturated rings. The molecule has 2 rings (SSSR count). The first-order valence-electron chi connectivity index (χ1n) is 3.50. The third kappa shape index (κ3) is 2.16. The van der Waals surface area contributed by atoms with E-state index in [2.05, 4.69) is 15.0 Å². The van der Waals surface area contributed by atoms with E-state index in [1.807, 2.05) is 6.07 Å². The average Bonchev–Trinajstić information content (AvgIpc) is 2.53. The summed E-state index contributed by atoms with van der Waals surface area (Å²) in [6.45, 7) is 0. The Balaban J connectivity index is 2.15. The molecule has 0 aromatic carbocycles. The van der Waals surface area contributed by atoms with Crippen LogP contribution in [0.25, 0.3) is 0 Å². The third-order valence-electron chi connectivity index (χ3n) is 1.25. The smallest absolute Gasteiger partial charge is 0.158 e. The van der Waals surface area contributed by atoms with Crippen LogP contribution >= 0.6 is 23.1 Å². The summed E-state index contributed by atoms with van der Waals surface area (Å²) >= 11 is 2.94. The lowest BCUT2D eigenvalue weighted by atomic mass is 10.7. The van der Waals surface area contributed by atoms with Gasteiger partial charge in [-0.3, -0.25) is 0 Å². The number of nitrogen functional groups attached to an aromatic ring is 1. The van der Waals surface area contributed by atoms with Crippen molar-refractivity contribution in [1.29, 1.82) is 0 Å². The molecule has 2 heterocycles. The van der Waals surface area contributed by atoms with Crippen LogP contribution in [0.3, 0.4) is 0 Å². The van der Waals surface area contributed by atoms with Gasteiger partial charge in [-0.2, -0.15) is 0 Å². The molecule has 0 unspecified atom stereocenters. The molecule has 2 aromatic rings. The van der Waals surface area contributed by atoms with Gasteiger partial charge in [0.2, 0.25) is 0 Å². The van der Waals surface area contributed by atoms with E-state index >= 15 is 0 Å². The van der Waals surface area contributed by atoms with Crippen LogP contribution in [0.5, 0.6) is 0 Å². The standard InChI is InChI=1S/C7H6N4S2/c8-5-3-10-7(12-5)13-6-1-2-9-4-11-6/h1-4H,8H2. The first-order chi connectivity index (χ1) is 6.34. The second-order valence-electron chi connectivity index (χ2n) is 2.18. The minimum Gasteiger partial charge on any atom is -0.389 e. The maximum absolute atomic E-state index is 5.54. The Morgan fingerprint density at radius 3 is 2.92 bits per heavy atom. The second-order valence-corrected chi connectivity index (χ2v) is 4.51. The Morgan fingerprint density at radius 2 is 2.31 bits per heavy atom. The van der Waals surface area contributed by atoms with E-state index in [9.17, 15) is 0 Å². The summed E-state index contributed by atoms with van der Waals surface area (Å²) in [7, 11) is 0. The highest BCUT2D eigenvalue weighted by atomic mass is 32.2. The van der Waals surface area contributed by atoms with Gasteiger partial charge in [0.1, 0.15) is 16.4 Å². The number of nitrogens with two attached hydrogens (primary N) is 1. The van der Waals surface area contributed by atoms with E-state index in [-0.39, 0.29) is 0 Å². The summed E-state index contributed by atoms with van der Waals surface area (Å²) in [6.07, 6.45) is 4.86. The van der Waals surface area contributed by atoms with Gasteiger partial charge in [0.15, 0.2) is 4.34 Å². The largest absolute Gasteiger partial charge is 0.389 e. The monoisotopic (exact) mass is 210 g/mol. The van der Waals surface area contributed by atoms with Crippen molar-refractivity contribution in [2.24, 2.45) is 0 Å². The van der Waals surface area contributed by atoms with Crippen molar-refractivity contribution >= 4 is 28.1 Å². The van der Waals surface area contributed by atoms with Gasteiger partial charge in [-0.25, -0.2) is 15.0 Å². The number of hydrogen-bond donors (Lipinski definition) is 1. The zero-order valence-corrected chi connectivity index (χ0v) is 8.18. The highest BCUT2D eigenvalue weighted by Crippen LogP contribution is 2.30. The van der Waals surface area contributed by atoms with Crippen LogP contribution in [0.1, 0.15) is 0 Å². The molecule has 0 radical (unpaired) electrons. The first-order valence-corrected chi connectivity index (χ1v) is 5.13. The zero-order valence-electron chi connectivity index (χ0n) is 6.54. The van der Waals surface area contributed by atoms with E-state index in [0.29, 0.717) is 0 Å². The minimum atomic E-state index is 0.719. The molecular formula is C7H6N4S2. The average molecular weight is 210 g/mol. The molecule has 2 N–H and O–H groups in total. The van der Waals surface area contributed by atoms with Gasteiger partial charge in [0, 0.05) is 6.20 Å². The number of rotatable bonds is 2. The molecule has 6 heteroatoms. The normalized spacial score (nSPS) is 10.2. The topological polar surface area (TPSA) is 64.7 Å². The molecule has 2 aromatic heterocycles. The molecule has 0 aliphatic heterocycles. The number of hydrogen-bond acceptors (Lipinski definition) is 6. The summed E-state index contributed by atoms with van der Waals surface area (Å²) in [5.41, 5.74) is 5.54. The minimum absolute atomic E-state index is 0.719. The van der Waals surface area contributed by atoms with Crippen LogP contribution < -0.4 is 5.73 Å². The molecule has 0 aliphatic carbocycles. The maximum Gasteiger partial charge on any atom is 0.158 e. The molecule has 0 saturated heterocycles. The van der Waals surface area contributed by atoms with Crippen LogP contribution in [0.2, 0.25) is 0 Å². The van der Waals surface area contributed by atoms with Crippen molar-refractivity contribution in [3.05, 3.63) is 24.8 Å². The lowest BCUT2D eigenvalue weighted by molar-refractivity contribution is 1.04. The van der Waals surface area contributed by atoms with Crippen LogP contribution in [-0.2, 0) is 0 Å². The third-order valence-corrected chi connectivity index (χ3v) is 3.10. The van der Waals surface area contributed by atoms with E-state index in [1.165, 1.54) is 29.4 Å². The Bertz CT molecular complexity index is 386. The molecule has 0 spiro atoms. The Kier molecular flexibility index (Phi) is 2.42. The molecule has 0 aliphatic rings. The van der Waals surface area contributed by atoms with Crippen molar-refractivity contribution < 1.29 is 0 Å². The van der Waals surface area contributed by atoms with Crippen LogP contribution in [-0.4, -0.2) is 15.0 Å². The van der Waals surface area contributed by atoms with E-state index in [4.69, 9.17) is 5.73 Å². The highest BCUT2D eigenvalue weighted by Gasteiger charge is 2.01. The lowest BCUT2D eigenvalue weighted by Gasteiger charge is -1.92. The summed E-state index contributed by atoms with van der Waals surface area (Å²) < 4.78 is 0.899. The van der Waals surface area contributed by atoms with Gasteiger partial charge in [-0.05, 0) is 17.8 Å². The molecule has 0 atom stereocenters. The second kappa shape index (κ2) is 3.71. The molecule has 0 bridgehead atoms. The van der Waals surface area contributed by atoms with Crippen LogP contribution in [0.15, 0.2) is 34.2 Å². The van der Waals surface area contributed by atoms with Gasteiger partial charge >= 0.3 is 0 Å². The van der Waals surface area contributed by atoms with Gasteiger partial charge in [0.05, 0.1) is 6.20 Å². The van der Waals surface area contributed by atoms with Crippen molar-refractivity contribution in [2.45, 2.75) is 9.37 Å². The van der Waals surface area contributed by atoms with Crippen molar-refractivity contribution in [2.75, 3.05) is 5.73 Å². The number of thiazole rings is 1. The number of nitrogens with zero attached hydrogens (tertiary/aromatic N) is 3. The van der Waals surface area contributed by atoms with Crippen LogP contribution in [0, 0.1) is 0 Å². The molecular weight excluding hydrogens is 204 g/mol. The van der Waals surface area contributed by atoms with Crippen molar-refractivity contribution in [1.82, 2.24) is 15.0 Å². The predicted molar refractivity (Wildman–Crippen MR) is 52.7 cm³/mol. The number of anilines is 1. The molecule has 66 valence electrons. The SMILES string of the molecule is Nc1cnc(Sc2ccncn2)s1. The molecule has 0 saturated carbocycles. The van der Waals surface area contributed by atoms with Gasteiger partial charge in [-0.1, -0.05) is 11.3 Å². The maximum atomic E-state index is 5.54. The fourth-order valence-electron chi connectivity index (χ4n) is 0.745. The lowest BCUT2D eigenvalue weighted by Crippen LogP contribution is -1.78. The molecule has 4 nitrogen and oxygen atoms in total. The summed E-state index contributed by atoms with van der Waals surface area (Å²) in [5, 5.41) is 1.60. The Hall–Kier alpha value is -1.14. The summed E-state index contributed by atoms with van der Waals surface area (Å²) in [6, 6.07) is 1.84. The van der Waals surface area contributed by atoms with Gasteiger partial charge in [0.25, 0.3) is 0 Å². The number of aromatic nitrogens is 3. The van der Waals surface area contributed by atoms with Gasteiger partial charge < -0.3 is 5.73 Å². The fraction of sp³-hybridized carbons (Fsp3) is 0.